The number of nitrogens with one attached hydrogen (secondary N) is 1. The summed E-state index contributed by atoms with van der Waals surface area (Å²) in [4.78, 5) is 11.8. The number of ketones is 1. The lowest BCUT2D eigenvalue weighted by Gasteiger charge is -2.09. The molecule has 1 atom stereocenters. The maximum Gasteiger partial charge on any atom is 0.149 e. The van der Waals surface area contributed by atoms with Crippen molar-refractivity contribution < 1.29 is 4.79 Å². The highest BCUT2D eigenvalue weighted by Crippen LogP contribution is 2.10. The van der Waals surface area contributed by atoms with Gasteiger partial charge in [-0.05, 0) is 57.3 Å². The lowest BCUT2D eigenvalue weighted by atomic mass is 10.0. The Kier molecular flexibility index (Phi) is 17.2. The molecule has 4 nitrogen and oxygen atoms in total. The highest BCUT2D eigenvalue weighted by molar-refractivity contribution is 7.98. The van der Waals surface area contributed by atoms with Crippen LogP contribution < -0.4 is 16.8 Å². The molecule has 0 aromatic heterocycles. The van der Waals surface area contributed by atoms with Crippen molar-refractivity contribution in [3.05, 3.63) is 0 Å². The topological polar surface area (TPSA) is 81.1 Å². The standard InChI is InChI=1S/C17H37N3OS/c1-22-15-11-16(19)17(21)10-7-5-3-2-4-6-8-13-20-14-9-12-18/h16,20H,2-15,18-19H2,1H3. The van der Waals surface area contributed by atoms with E-state index >= 15 is 0 Å². The lowest BCUT2D eigenvalue weighted by molar-refractivity contribution is -0.120. The minimum absolute atomic E-state index is 0.237. The first kappa shape index (κ1) is 21.9. The van der Waals surface area contributed by atoms with Crippen molar-refractivity contribution in [2.24, 2.45) is 11.5 Å². The first-order chi connectivity index (χ1) is 10.7. The van der Waals surface area contributed by atoms with E-state index in [4.69, 9.17) is 11.5 Å². The molecule has 0 rings (SSSR count). The molecule has 0 radical (unpaired) electrons. The second kappa shape index (κ2) is 17.3. The van der Waals surface area contributed by atoms with E-state index in [0.717, 1.165) is 51.1 Å². The maximum absolute atomic E-state index is 11.8. The minimum Gasteiger partial charge on any atom is -0.330 e. The van der Waals surface area contributed by atoms with Crippen molar-refractivity contribution in [3.63, 3.8) is 0 Å². The second-order valence-corrected chi connectivity index (χ2v) is 6.96. The third kappa shape index (κ3) is 14.8. The monoisotopic (exact) mass is 331 g/mol. The average Bonchev–Trinajstić information content (AvgIpc) is 2.53. The molecule has 0 bridgehead atoms. The van der Waals surface area contributed by atoms with E-state index in [2.05, 4.69) is 5.32 Å². The highest BCUT2D eigenvalue weighted by atomic mass is 32.2. The molecule has 0 spiro atoms. The summed E-state index contributed by atoms with van der Waals surface area (Å²) in [7, 11) is 0. The Morgan fingerprint density at radius 1 is 1.00 bits per heavy atom. The summed E-state index contributed by atoms with van der Waals surface area (Å²) in [5.74, 6) is 1.23. The summed E-state index contributed by atoms with van der Waals surface area (Å²) in [6, 6.07) is -0.237. The zero-order valence-corrected chi connectivity index (χ0v) is 15.3. The van der Waals surface area contributed by atoms with Gasteiger partial charge in [-0.3, -0.25) is 4.79 Å². The van der Waals surface area contributed by atoms with E-state index < -0.39 is 0 Å². The van der Waals surface area contributed by atoms with Gasteiger partial charge in [0.1, 0.15) is 5.78 Å². The van der Waals surface area contributed by atoms with Gasteiger partial charge in [-0.1, -0.05) is 32.1 Å². The Hall–Kier alpha value is -0.100. The number of carbonyl (C=O) groups is 1. The van der Waals surface area contributed by atoms with Gasteiger partial charge >= 0.3 is 0 Å². The van der Waals surface area contributed by atoms with Gasteiger partial charge in [0.25, 0.3) is 0 Å². The summed E-state index contributed by atoms with van der Waals surface area (Å²) in [6.07, 6.45) is 13.2. The molecule has 5 heteroatoms. The fraction of sp³-hybridized carbons (Fsp3) is 0.941. The summed E-state index contributed by atoms with van der Waals surface area (Å²) in [6.45, 7) is 2.93. The quantitative estimate of drug-likeness (QED) is 0.357. The summed E-state index contributed by atoms with van der Waals surface area (Å²) in [5, 5.41) is 3.40. The largest absolute Gasteiger partial charge is 0.330 e. The molecule has 22 heavy (non-hydrogen) atoms. The third-order valence-electron chi connectivity index (χ3n) is 3.88. The fourth-order valence-electron chi connectivity index (χ4n) is 2.38. The summed E-state index contributed by atoms with van der Waals surface area (Å²) < 4.78 is 0. The van der Waals surface area contributed by atoms with Crippen LogP contribution in [0.4, 0.5) is 0 Å². The molecule has 0 aromatic rings. The first-order valence-electron chi connectivity index (χ1n) is 8.90. The van der Waals surface area contributed by atoms with Gasteiger partial charge in [-0.2, -0.15) is 11.8 Å². The molecule has 0 amide bonds. The van der Waals surface area contributed by atoms with Crippen LogP contribution in [-0.4, -0.2) is 43.5 Å². The van der Waals surface area contributed by atoms with Crippen LogP contribution in [-0.2, 0) is 4.79 Å². The van der Waals surface area contributed by atoms with Gasteiger partial charge in [0.05, 0.1) is 6.04 Å². The Morgan fingerprint density at radius 3 is 2.23 bits per heavy atom. The molecule has 0 aromatic carbocycles. The van der Waals surface area contributed by atoms with Crippen molar-refractivity contribution in [1.29, 1.82) is 0 Å². The van der Waals surface area contributed by atoms with E-state index in [0.29, 0.717) is 6.42 Å². The van der Waals surface area contributed by atoms with Crippen LogP contribution in [0.1, 0.15) is 64.2 Å². The zero-order valence-electron chi connectivity index (χ0n) is 14.4. The highest BCUT2D eigenvalue weighted by Gasteiger charge is 2.11. The number of rotatable bonds is 17. The normalized spacial score (nSPS) is 12.5. The zero-order chi connectivity index (χ0) is 16.5. The molecule has 0 saturated carbocycles. The van der Waals surface area contributed by atoms with Crippen molar-refractivity contribution >= 4 is 17.5 Å². The second-order valence-electron chi connectivity index (χ2n) is 5.97. The van der Waals surface area contributed by atoms with E-state index in [1.807, 2.05) is 6.26 Å². The smallest absolute Gasteiger partial charge is 0.149 e. The van der Waals surface area contributed by atoms with Crippen LogP contribution in [0.3, 0.4) is 0 Å². The lowest BCUT2D eigenvalue weighted by Crippen LogP contribution is -2.30. The number of thioether (sulfide) groups is 1. The number of hydrogen-bond donors (Lipinski definition) is 3. The summed E-state index contributed by atoms with van der Waals surface area (Å²) >= 11 is 1.75. The number of unbranched alkanes of at least 4 members (excludes halogenated alkanes) is 6. The molecule has 0 aliphatic heterocycles. The van der Waals surface area contributed by atoms with Crippen LogP contribution in [0.5, 0.6) is 0 Å². The molecular formula is C17H37N3OS. The average molecular weight is 332 g/mol. The predicted molar refractivity (Wildman–Crippen MR) is 99.5 cm³/mol. The fourth-order valence-corrected chi connectivity index (χ4v) is 2.87. The minimum atomic E-state index is -0.237. The van der Waals surface area contributed by atoms with Crippen LogP contribution in [0, 0.1) is 0 Å². The van der Waals surface area contributed by atoms with Crippen molar-refractivity contribution in [1.82, 2.24) is 5.32 Å². The van der Waals surface area contributed by atoms with E-state index in [1.54, 1.807) is 11.8 Å². The van der Waals surface area contributed by atoms with Gasteiger partial charge in [0.15, 0.2) is 0 Å². The molecule has 5 N–H and O–H groups in total. The molecule has 1 unspecified atom stereocenters. The summed E-state index contributed by atoms with van der Waals surface area (Å²) in [5.41, 5.74) is 11.3. The SMILES string of the molecule is CSCCC(N)C(=O)CCCCCCCCCNCCCN. The van der Waals surface area contributed by atoms with Crippen LogP contribution in [0.2, 0.25) is 0 Å². The van der Waals surface area contributed by atoms with Crippen LogP contribution in [0.15, 0.2) is 0 Å². The van der Waals surface area contributed by atoms with Crippen molar-refractivity contribution in [3.8, 4) is 0 Å². The molecule has 0 heterocycles. The van der Waals surface area contributed by atoms with Gasteiger partial charge in [-0.25, -0.2) is 0 Å². The van der Waals surface area contributed by atoms with Gasteiger partial charge in [0, 0.05) is 6.42 Å². The van der Waals surface area contributed by atoms with E-state index in [9.17, 15) is 4.79 Å². The number of Topliss-reactive ketones (excluding diaryl/α,β-unsaturated/α-hetero) is 1. The van der Waals surface area contributed by atoms with Gasteiger partial charge < -0.3 is 16.8 Å². The van der Waals surface area contributed by atoms with Crippen LogP contribution in [0.25, 0.3) is 0 Å². The molecule has 0 fully saturated rings. The molecular weight excluding hydrogens is 294 g/mol. The number of hydrogen-bond acceptors (Lipinski definition) is 5. The molecule has 0 aliphatic carbocycles. The van der Waals surface area contributed by atoms with Gasteiger partial charge in [-0.15, -0.1) is 0 Å². The molecule has 0 aliphatic rings. The Labute approximate surface area is 141 Å². The number of nitrogens with two attached hydrogens (primary N) is 2. The van der Waals surface area contributed by atoms with Crippen LogP contribution >= 0.6 is 11.8 Å². The maximum atomic E-state index is 11.8. The Bertz CT molecular complexity index is 252. The van der Waals surface area contributed by atoms with Crippen molar-refractivity contribution in [2.75, 3.05) is 31.6 Å². The number of carbonyl (C=O) groups excluding carboxylic acids is 1. The first-order valence-corrected chi connectivity index (χ1v) is 10.3. The Morgan fingerprint density at radius 2 is 1.59 bits per heavy atom. The van der Waals surface area contributed by atoms with Gasteiger partial charge in [0.2, 0.25) is 0 Å². The van der Waals surface area contributed by atoms with E-state index in [-0.39, 0.29) is 11.8 Å². The molecule has 0 saturated heterocycles. The van der Waals surface area contributed by atoms with Crippen molar-refractivity contribution in [2.45, 2.75) is 70.3 Å². The predicted octanol–water partition coefficient (Wildman–Crippen LogP) is 2.70. The Balaban J connectivity index is 3.21. The van der Waals surface area contributed by atoms with E-state index in [1.165, 1.54) is 32.1 Å². The molecule has 132 valence electrons. The third-order valence-corrected chi connectivity index (χ3v) is 4.52.